The van der Waals surface area contributed by atoms with Crippen LogP contribution in [-0.4, -0.2) is 44.6 Å². The first-order chi connectivity index (χ1) is 13.5. The summed E-state index contributed by atoms with van der Waals surface area (Å²) in [5.74, 6) is 0.133. The van der Waals surface area contributed by atoms with E-state index in [9.17, 15) is 4.79 Å². The Bertz CT molecular complexity index is 919. The van der Waals surface area contributed by atoms with Gasteiger partial charge >= 0.3 is 5.97 Å². The highest BCUT2D eigenvalue weighted by Crippen LogP contribution is 2.28. The Morgan fingerprint density at radius 3 is 2.54 bits per heavy atom. The van der Waals surface area contributed by atoms with E-state index in [1.807, 2.05) is 31.3 Å². The highest BCUT2D eigenvalue weighted by molar-refractivity contribution is 5.68. The maximum atomic E-state index is 10.9. The molecule has 0 aliphatic heterocycles. The van der Waals surface area contributed by atoms with E-state index in [1.165, 1.54) is 0 Å². The molecular weight excluding hydrogens is 356 g/mol. The van der Waals surface area contributed by atoms with Crippen molar-refractivity contribution in [2.45, 2.75) is 19.5 Å². The summed E-state index contributed by atoms with van der Waals surface area (Å²) in [6.45, 7) is 2.29. The number of nitrogens with zero attached hydrogens (tertiary/aromatic N) is 4. The van der Waals surface area contributed by atoms with Gasteiger partial charge in [0, 0.05) is 48.5 Å². The van der Waals surface area contributed by atoms with Crippen LogP contribution < -0.4 is 4.74 Å². The van der Waals surface area contributed by atoms with E-state index in [1.54, 1.807) is 36.9 Å². The minimum atomic E-state index is -1.01. The molecule has 3 rings (SSSR count). The molecule has 2 aromatic heterocycles. The normalized spacial score (nSPS) is 12.0. The summed E-state index contributed by atoms with van der Waals surface area (Å²) in [5.41, 5.74) is 2.87. The molecule has 0 aliphatic carbocycles. The quantitative estimate of drug-likeness (QED) is 0.644. The van der Waals surface area contributed by atoms with Crippen molar-refractivity contribution in [2.24, 2.45) is 0 Å². The Labute approximate surface area is 163 Å². The number of carboxylic acids is 1. The minimum absolute atomic E-state index is 0.145. The van der Waals surface area contributed by atoms with E-state index in [0.717, 1.165) is 16.7 Å². The number of ether oxygens (including phenoxy) is 1. The van der Waals surface area contributed by atoms with Crippen LogP contribution in [0.25, 0.3) is 11.4 Å². The highest BCUT2D eigenvalue weighted by atomic mass is 16.5. The molecule has 2 heterocycles. The first kappa shape index (κ1) is 19.4. The second kappa shape index (κ2) is 9.05. The zero-order valence-electron chi connectivity index (χ0n) is 15.8. The molecule has 0 amide bonds. The molecule has 0 radical (unpaired) electrons. The predicted molar refractivity (Wildman–Crippen MR) is 105 cm³/mol. The van der Waals surface area contributed by atoms with Gasteiger partial charge in [-0.15, -0.1) is 0 Å². The van der Waals surface area contributed by atoms with E-state index in [2.05, 4.69) is 26.8 Å². The smallest absolute Gasteiger partial charge is 0.341 e. The molecule has 0 aliphatic rings. The van der Waals surface area contributed by atoms with Gasteiger partial charge < -0.3 is 9.84 Å². The van der Waals surface area contributed by atoms with Crippen molar-refractivity contribution in [1.29, 1.82) is 0 Å². The number of rotatable bonds is 8. The molecule has 3 aromatic rings. The number of carboxylic acid groups (broad SMARTS) is 1. The molecule has 144 valence electrons. The molecule has 7 heteroatoms. The Balaban J connectivity index is 1.88. The molecular formula is C21H22N4O3. The first-order valence-electron chi connectivity index (χ1n) is 8.89. The topological polar surface area (TPSA) is 88.4 Å². The molecule has 0 saturated carbocycles. The van der Waals surface area contributed by atoms with Crippen LogP contribution in [0.4, 0.5) is 0 Å². The summed E-state index contributed by atoms with van der Waals surface area (Å²) in [6, 6.07) is 11.4. The van der Waals surface area contributed by atoms with Gasteiger partial charge in [-0.05, 0) is 55.9 Å². The standard InChI is InChI=1S/C21H22N4O3/c1-15(16-6-10-22-11-7-16)25(2)13-18-12-17(21-23-8-3-9-24-21)4-5-19(18)28-14-20(26)27/h3-12,15H,13-14H2,1-2H3,(H,26,27)/t15-/m1/s1. The Hall–Kier alpha value is -3.32. The van der Waals surface area contributed by atoms with Crippen LogP contribution in [0.5, 0.6) is 5.75 Å². The maximum absolute atomic E-state index is 10.9. The molecule has 7 nitrogen and oxygen atoms in total. The van der Waals surface area contributed by atoms with E-state index >= 15 is 0 Å². The largest absolute Gasteiger partial charge is 0.482 e. The average Bonchev–Trinajstić information content (AvgIpc) is 2.73. The number of pyridine rings is 1. The molecule has 1 atom stereocenters. The van der Waals surface area contributed by atoms with Crippen LogP contribution in [-0.2, 0) is 11.3 Å². The van der Waals surface area contributed by atoms with Gasteiger partial charge in [0.2, 0.25) is 0 Å². The zero-order chi connectivity index (χ0) is 19.9. The van der Waals surface area contributed by atoms with Gasteiger partial charge in [-0.2, -0.15) is 0 Å². The van der Waals surface area contributed by atoms with Gasteiger partial charge in [0.25, 0.3) is 0 Å². The number of aromatic nitrogens is 3. The van der Waals surface area contributed by atoms with Crippen LogP contribution in [0.3, 0.4) is 0 Å². The molecule has 0 fully saturated rings. The Morgan fingerprint density at radius 2 is 1.86 bits per heavy atom. The van der Waals surface area contributed by atoms with Gasteiger partial charge in [0.15, 0.2) is 12.4 Å². The summed E-state index contributed by atoms with van der Waals surface area (Å²) in [4.78, 5) is 25.7. The maximum Gasteiger partial charge on any atom is 0.341 e. The van der Waals surface area contributed by atoms with Crippen molar-refractivity contribution in [3.05, 3.63) is 72.3 Å². The van der Waals surface area contributed by atoms with Crippen LogP contribution in [0.15, 0.2) is 61.2 Å². The average molecular weight is 378 g/mol. The van der Waals surface area contributed by atoms with E-state index in [0.29, 0.717) is 18.1 Å². The molecule has 0 saturated heterocycles. The second-order valence-corrected chi connectivity index (χ2v) is 6.45. The lowest BCUT2D eigenvalue weighted by Crippen LogP contribution is -2.22. The summed E-state index contributed by atoms with van der Waals surface area (Å²) >= 11 is 0. The summed E-state index contributed by atoms with van der Waals surface area (Å²) < 4.78 is 5.50. The van der Waals surface area contributed by atoms with Gasteiger partial charge in [-0.1, -0.05) is 0 Å². The molecule has 1 N–H and O–H groups in total. The van der Waals surface area contributed by atoms with Crippen molar-refractivity contribution in [3.63, 3.8) is 0 Å². The third-order valence-electron chi connectivity index (χ3n) is 4.51. The number of hydrogen-bond acceptors (Lipinski definition) is 6. The predicted octanol–water partition coefficient (Wildman–Crippen LogP) is 3.20. The van der Waals surface area contributed by atoms with E-state index < -0.39 is 12.6 Å². The van der Waals surface area contributed by atoms with Crippen LogP contribution in [0.1, 0.15) is 24.1 Å². The lowest BCUT2D eigenvalue weighted by molar-refractivity contribution is -0.139. The summed E-state index contributed by atoms with van der Waals surface area (Å²) in [7, 11) is 2.01. The number of carbonyl (C=O) groups is 1. The summed E-state index contributed by atoms with van der Waals surface area (Å²) in [5, 5.41) is 8.96. The van der Waals surface area contributed by atoms with Gasteiger partial charge in [-0.3, -0.25) is 9.88 Å². The number of benzene rings is 1. The van der Waals surface area contributed by atoms with Gasteiger partial charge in [0.05, 0.1) is 0 Å². The van der Waals surface area contributed by atoms with Crippen LogP contribution in [0.2, 0.25) is 0 Å². The molecule has 0 spiro atoms. The number of aliphatic carboxylic acids is 1. The molecule has 1 aromatic carbocycles. The SMILES string of the molecule is C[C@H](c1ccncc1)N(C)Cc1cc(-c2ncccn2)ccc1OCC(=O)O. The van der Waals surface area contributed by atoms with Crippen molar-refractivity contribution in [2.75, 3.05) is 13.7 Å². The monoisotopic (exact) mass is 378 g/mol. The van der Waals surface area contributed by atoms with E-state index in [-0.39, 0.29) is 6.04 Å². The first-order valence-corrected chi connectivity index (χ1v) is 8.89. The van der Waals surface area contributed by atoms with Crippen LogP contribution >= 0.6 is 0 Å². The fourth-order valence-electron chi connectivity index (χ4n) is 2.87. The van der Waals surface area contributed by atoms with E-state index in [4.69, 9.17) is 9.84 Å². The van der Waals surface area contributed by atoms with Crippen molar-refractivity contribution in [3.8, 4) is 17.1 Å². The van der Waals surface area contributed by atoms with Gasteiger partial charge in [0.1, 0.15) is 5.75 Å². The molecule has 0 bridgehead atoms. The molecule has 28 heavy (non-hydrogen) atoms. The number of hydrogen-bond donors (Lipinski definition) is 1. The fraction of sp³-hybridized carbons (Fsp3) is 0.238. The summed E-state index contributed by atoms with van der Waals surface area (Å²) in [6.07, 6.45) is 6.92. The van der Waals surface area contributed by atoms with Crippen molar-refractivity contribution in [1.82, 2.24) is 19.9 Å². The van der Waals surface area contributed by atoms with Gasteiger partial charge in [-0.25, -0.2) is 14.8 Å². The third-order valence-corrected chi connectivity index (χ3v) is 4.51. The Morgan fingerprint density at radius 1 is 1.14 bits per heavy atom. The third kappa shape index (κ3) is 4.89. The zero-order valence-corrected chi connectivity index (χ0v) is 15.8. The second-order valence-electron chi connectivity index (χ2n) is 6.45. The van der Waals surface area contributed by atoms with Crippen LogP contribution in [0, 0.1) is 0 Å². The van der Waals surface area contributed by atoms with Crippen molar-refractivity contribution < 1.29 is 14.6 Å². The highest BCUT2D eigenvalue weighted by Gasteiger charge is 2.16. The molecule has 0 unspecified atom stereocenters. The van der Waals surface area contributed by atoms with Crippen molar-refractivity contribution >= 4 is 5.97 Å². The lowest BCUT2D eigenvalue weighted by Gasteiger charge is -2.26. The fourth-order valence-corrected chi connectivity index (χ4v) is 2.87. The minimum Gasteiger partial charge on any atom is -0.482 e. The Kier molecular flexibility index (Phi) is 6.29. The lowest BCUT2D eigenvalue weighted by atomic mass is 10.1.